The van der Waals surface area contributed by atoms with E-state index in [2.05, 4.69) is 56.3 Å². The molecule has 0 aliphatic rings. The van der Waals surface area contributed by atoms with E-state index in [0.29, 0.717) is 29.8 Å². The molecule has 0 unspecified atom stereocenters. The first-order valence-corrected chi connectivity index (χ1v) is 12.4. The van der Waals surface area contributed by atoms with E-state index in [4.69, 9.17) is 4.74 Å². The third-order valence-electron chi connectivity index (χ3n) is 5.34. The maximum absolute atomic E-state index is 12.6. The summed E-state index contributed by atoms with van der Waals surface area (Å²) in [6.07, 6.45) is 0.958. The van der Waals surface area contributed by atoms with Crippen LogP contribution in [0.3, 0.4) is 0 Å². The van der Waals surface area contributed by atoms with Crippen molar-refractivity contribution in [2.24, 2.45) is 0 Å². The lowest BCUT2D eigenvalue weighted by Gasteiger charge is -2.16. The number of hydrogen-bond acceptors (Lipinski definition) is 4. The van der Waals surface area contributed by atoms with Gasteiger partial charge in [-0.3, -0.25) is 19.1 Å². The highest BCUT2D eigenvalue weighted by Gasteiger charge is 2.14. The number of benzene rings is 2. The summed E-state index contributed by atoms with van der Waals surface area (Å²) < 4.78 is 7.16. The molecule has 0 spiro atoms. The molecule has 35 heavy (non-hydrogen) atoms. The van der Waals surface area contributed by atoms with Gasteiger partial charge in [-0.05, 0) is 50.1 Å². The molecular formula is C27H28BrN3O4. The maximum atomic E-state index is 12.6. The van der Waals surface area contributed by atoms with Gasteiger partial charge in [0.25, 0.3) is 5.56 Å². The minimum Gasteiger partial charge on any atom is -0.348 e. The highest BCUT2D eigenvalue weighted by molar-refractivity contribution is 9.09. The molecule has 182 valence electrons. The Balaban J connectivity index is 1.73. The number of anilines is 1. The minimum absolute atomic E-state index is 0.0189. The summed E-state index contributed by atoms with van der Waals surface area (Å²) in [6.45, 7) is 6.04. The molecule has 2 N–H and O–H groups in total. The number of ether oxygens (including phenoxy) is 1. The molecule has 2 aromatic carbocycles. The molecule has 1 heterocycles. The molecule has 1 aromatic heterocycles. The van der Waals surface area contributed by atoms with E-state index in [9.17, 15) is 14.4 Å². The first kappa shape index (κ1) is 26.2. The third-order valence-corrected chi connectivity index (χ3v) is 5.85. The van der Waals surface area contributed by atoms with Gasteiger partial charge in [-0.2, -0.15) is 0 Å². The zero-order chi connectivity index (χ0) is 25.4. The van der Waals surface area contributed by atoms with Crippen molar-refractivity contribution in [3.05, 3.63) is 96.8 Å². The van der Waals surface area contributed by atoms with E-state index >= 15 is 0 Å². The topological polar surface area (TPSA) is 93.2 Å². The Hall–Kier alpha value is -3.41. The second-order valence-corrected chi connectivity index (χ2v) is 8.74. The fourth-order valence-corrected chi connectivity index (χ4v) is 4.02. The molecule has 0 atom stereocenters. The Morgan fingerprint density at radius 3 is 2.43 bits per heavy atom. The highest BCUT2D eigenvalue weighted by Crippen LogP contribution is 2.15. The summed E-state index contributed by atoms with van der Waals surface area (Å²) in [6, 6.07) is 13.4. The molecule has 0 aliphatic heterocycles. The predicted molar refractivity (Wildman–Crippen MR) is 141 cm³/mol. The van der Waals surface area contributed by atoms with Crippen LogP contribution in [0.4, 0.5) is 5.69 Å². The number of halogens is 1. The van der Waals surface area contributed by atoms with Crippen molar-refractivity contribution in [2.75, 3.05) is 17.3 Å². The van der Waals surface area contributed by atoms with E-state index in [1.165, 1.54) is 4.57 Å². The van der Waals surface area contributed by atoms with Crippen molar-refractivity contribution in [3.8, 4) is 11.8 Å². The van der Waals surface area contributed by atoms with Crippen LogP contribution in [0.25, 0.3) is 0 Å². The van der Waals surface area contributed by atoms with Crippen LogP contribution in [-0.2, 0) is 29.1 Å². The lowest BCUT2D eigenvalue weighted by atomic mass is 10.0. The number of hydrogen-bond donors (Lipinski definition) is 2. The summed E-state index contributed by atoms with van der Waals surface area (Å²) in [4.78, 5) is 38.9. The number of rotatable bonds is 8. The molecule has 0 aliphatic carbocycles. The van der Waals surface area contributed by atoms with Crippen molar-refractivity contribution >= 4 is 27.5 Å². The molecule has 0 radical (unpaired) electrons. The molecule has 0 fully saturated rings. The zero-order valence-corrected chi connectivity index (χ0v) is 21.6. The first-order chi connectivity index (χ1) is 16.8. The van der Waals surface area contributed by atoms with Crippen molar-refractivity contribution in [1.82, 2.24) is 9.55 Å². The molecular weight excluding hydrogens is 510 g/mol. The van der Waals surface area contributed by atoms with Gasteiger partial charge in [-0.25, -0.2) is 4.79 Å². The summed E-state index contributed by atoms with van der Waals surface area (Å²) in [5, 5.41) is 2.98. The average Bonchev–Trinajstić information content (AvgIpc) is 2.81. The smallest absolute Gasteiger partial charge is 0.330 e. The second kappa shape index (κ2) is 12.3. The van der Waals surface area contributed by atoms with Gasteiger partial charge in [-0.1, -0.05) is 64.0 Å². The van der Waals surface area contributed by atoms with Gasteiger partial charge in [-0.15, -0.1) is 0 Å². The summed E-state index contributed by atoms with van der Waals surface area (Å²) >= 11 is 3.11. The second-order valence-electron chi connectivity index (χ2n) is 8.18. The quantitative estimate of drug-likeness (QED) is 0.260. The molecule has 8 heteroatoms. The van der Waals surface area contributed by atoms with Crippen LogP contribution in [0.5, 0.6) is 0 Å². The van der Waals surface area contributed by atoms with E-state index in [1.54, 1.807) is 24.3 Å². The molecule has 3 aromatic rings. The molecule has 7 nitrogen and oxygen atoms in total. The number of carbonyl (C=O) groups is 1. The Morgan fingerprint density at radius 2 is 1.80 bits per heavy atom. The van der Waals surface area contributed by atoms with Crippen molar-refractivity contribution < 1.29 is 9.53 Å². The van der Waals surface area contributed by atoms with Gasteiger partial charge >= 0.3 is 5.69 Å². The number of H-pyrrole nitrogens is 1. The van der Waals surface area contributed by atoms with Crippen molar-refractivity contribution in [3.63, 3.8) is 0 Å². The largest absolute Gasteiger partial charge is 0.348 e. The lowest BCUT2D eigenvalue weighted by molar-refractivity contribution is -0.113. The Bertz CT molecular complexity index is 1360. The molecule has 1 amide bonds. The zero-order valence-electron chi connectivity index (χ0n) is 20.0. The molecule has 0 saturated carbocycles. The standard InChI is InChI=1S/C27H28BrN3O4/c1-4-23-24(15-21-13-18(2)12-19(3)14-21)31(27(34)30-26(23)33)17-35-11-5-6-20-7-9-22(10-8-20)29-25(32)16-28/h7-10,12-14H,4,11,15-17H2,1-3H3,(H,29,32)(H,30,33,34). The van der Waals surface area contributed by atoms with E-state index in [0.717, 1.165) is 22.3 Å². The van der Waals surface area contributed by atoms with E-state index in [1.807, 2.05) is 20.8 Å². The average molecular weight is 538 g/mol. The number of alkyl halides is 1. The molecule has 0 bridgehead atoms. The number of aromatic amines is 1. The number of nitrogens with one attached hydrogen (secondary N) is 2. The molecule has 0 saturated heterocycles. The van der Waals surface area contributed by atoms with Gasteiger partial charge in [0, 0.05) is 28.9 Å². The van der Waals surface area contributed by atoms with Gasteiger partial charge in [0.1, 0.15) is 13.3 Å². The van der Waals surface area contributed by atoms with Gasteiger partial charge in [0.2, 0.25) is 5.91 Å². The molecule has 3 rings (SSSR count). The van der Waals surface area contributed by atoms with Crippen molar-refractivity contribution in [1.29, 1.82) is 0 Å². The third kappa shape index (κ3) is 7.28. The highest BCUT2D eigenvalue weighted by atomic mass is 79.9. The van der Waals surface area contributed by atoms with Crippen LogP contribution >= 0.6 is 15.9 Å². The van der Waals surface area contributed by atoms with Crippen LogP contribution in [0.1, 0.15) is 40.4 Å². The lowest BCUT2D eigenvalue weighted by Crippen LogP contribution is -2.36. The first-order valence-electron chi connectivity index (χ1n) is 11.2. The van der Waals surface area contributed by atoms with Gasteiger partial charge in [0.15, 0.2) is 0 Å². The maximum Gasteiger partial charge on any atom is 0.330 e. The number of amides is 1. The minimum atomic E-state index is -0.499. The van der Waals surface area contributed by atoms with E-state index in [-0.39, 0.29) is 30.1 Å². The van der Waals surface area contributed by atoms with Gasteiger partial charge in [0.05, 0.1) is 5.33 Å². The monoisotopic (exact) mass is 537 g/mol. The fraction of sp³-hybridized carbons (Fsp3) is 0.296. The van der Waals surface area contributed by atoms with Crippen LogP contribution in [-0.4, -0.2) is 27.4 Å². The van der Waals surface area contributed by atoms with Gasteiger partial charge < -0.3 is 10.1 Å². The van der Waals surface area contributed by atoms with Crippen LogP contribution in [0.15, 0.2) is 52.1 Å². The normalized spacial score (nSPS) is 10.5. The fourth-order valence-electron chi connectivity index (χ4n) is 3.88. The number of nitrogens with zero attached hydrogens (tertiary/aromatic N) is 1. The van der Waals surface area contributed by atoms with Crippen molar-refractivity contribution in [2.45, 2.75) is 40.3 Å². The van der Waals surface area contributed by atoms with Crippen LogP contribution in [0, 0.1) is 25.7 Å². The summed E-state index contributed by atoms with van der Waals surface area (Å²) in [5.41, 5.74) is 5.12. The Kier molecular flexibility index (Phi) is 9.24. The van der Waals surface area contributed by atoms with Crippen LogP contribution < -0.4 is 16.6 Å². The number of carbonyl (C=O) groups excluding carboxylic acids is 1. The SMILES string of the molecule is CCc1c(Cc2cc(C)cc(C)c2)n(COCC#Cc2ccc(NC(=O)CBr)cc2)c(=O)[nH]c1=O. The Morgan fingerprint density at radius 1 is 1.11 bits per heavy atom. The number of aryl methyl sites for hydroxylation is 2. The number of aromatic nitrogens is 2. The van der Waals surface area contributed by atoms with Crippen LogP contribution in [0.2, 0.25) is 0 Å². The van der Waals surface area contributed by atoms with E-state index < -0.39 is 5.69 Å². The predicted octanol–water partition coefficient (Wildman–Crippen LogP) is 3.67. The summed E-state index contributed by atoms with van der Waals surface area (Å²) in [7, 11) is 0. The Labute approximate surface area is 212 Å². The summed E-state index contributed by atoms with van der Waals surface area (Å²) in [5.74, 6) is 5.80.